The van der Waals surface area contributed by atoms with Crippen molar-refractivity contribution in [3.63, 3.8) is 0 Å². The summed E-state index contributed by atoms with van der Waals surface area (Å²) < 4.78 is 6.81. The lowest BCUT2D eigenvalue weighted by Gasteiger charge is -2.14. The van der Waals surface area contributed by atoms with Crippen LogP contribution in [0.5, 0.6) is 5.75 Å². The predicted octanol–water partition coefficient (Wildman–Crippen LogP) is 2.14. The van der Waals surface area contributed by atoms with E-state index in [0.29, 0.717) is 11.1 Å². The summed E-state index contributed by atoms with van der Waals surface area (Å²) in [4.78, 5) is 12.4. The zero-order valence-corrected chi connectivity index (χ0v) is 12.8. The standard InChI is InChI=1S/C18H18N2O3/c1-13-16-9-5-6-10-17(16)18(22)20(19-13)11-14(21)12-23-15-7-3-2-4-8-15/h2-10,14,21H,11-12H2,1H3. The number of aliphatic hydroxyl groups is 1. The summed E-state index contributed by atoms with van der Waals surface area (Å²) in [6.45, 7) is 2.05. The number of hydrogen-bond donors (Lipinski definition) is 1. The first-order valence-corrected chi connectivity index (χ1v) is 7.47. The van der Waals surface area contributed by atoms with E-state index in [1.807, 2.05) is 55.5 Å². The second-order valence-corrected chi connectivity index (χ2v) is 5.40. The fourth-order valence-electron chi connectivity index (χ4n) is 2.49. The van der Waals surface area contributed by atoms with E-state index in [4.69, 9.17) is 4.74 Å². The van der Waals surface area contributed by atoms with E-state index in [-0.39, 0.29) is 18.7 Å². The van der Waals surface area contributed by atoms with Crippen LogP contribution in [-0.2, 0) is 6.54 Å². The molecule has 0 saturated carbocycles. The minimum atomic E-state index is -0.819. The molecule has 0 aliphatic heterocycles. The quantitative estimate of drug-likeness (QED) is 0.784. The molecule has 1 atom stereocenters. The van der Waals surface area contributed by atoms with Crippen LogP contribution in [0.1, 0.15) is 5.69 Å². The highest BCUT2D eigenvalue weighted by atomic mass is 16.5. The molecule has 0 fully saturated rings. The van der Waals surface area contributed by atoms with Crippen molar-refractivity contribution in [1.82, 2.24) is 9.78 Å². The number of para-hydroxylation sites is 1. The van der Waals surface area contributed by atoms with E-state index in [0.717, 1.165) is 11.1 Å². The third-order valence-corrected chi connectivity index (χ3v) is 3.62. The number of benzene rings is 2. The molecule has 0 bridgehead atoms. The average Bonchev–Trinajstić information content (AvgIpc) is 2.59. The zero-order chi connectivity index (χ0) is 16.2. The molecule has 118 valence electrons. The summed E-state index contributed by atoms with van der Waals surface area (Å²) in [7, 11) is 0. The Labute approximate surface area is 133 Å². The first kappa shape index (κ1) is 15.2. The van der Waals surface area contributed by atoms with Crippen molar-refractivity contribution in [3.05, 3.63) is 70.6 Å². The molecule has 0 saturated heterocycles. The normalized spacial score (nSPS) is 12.3. The second kappa shape index (κ2) is 6.62. The van der Waals surface area contributed by atoms with E-state index in [2.05, 4.69) is 5.10 Å². The molecule has 0 amide bonds. The number of aliphatic hydroxyl groups excluding tert-OH is 1. The number of rotatable bonds is 5. The third-order valence-electron chi connectivity index (χ3n) is 3.62. The fraction of sp³-hybridized carbons (Fsp3) is 0.222. The molecule has 1 aromatic heterocycles. The van der Waals surface area contributed by atoms with E-state index in [9.17, 15) is 9.90 Å². The Kier molecular flexibility index (Phi) is 4.39. The summed E-state index contributed by atoms with van der Waals surface area (Å²) in [5.41, 5.74) is 0.557. The van der Waals surface area contributed by atoms with E-state index in [1.165, 1.54) is 4.68 Å². The number of nitrogens with zero attached hydrogens (tertiary/aromatic N) is 2. The van der Waals surface area contributed by atoms with Crippen LogP contribution in [0.3, 0.4) is 0 Å². The van der Waals surface area contributed by atoms with Crippen molar-refractivity contribution in [2.75, 3.05) is 6.61 Å². The van der Waals surface area contributed by atoms with Gasteiger partial charge in [-0.3, -0.25) is 4.79 Å². The molecule has 0 aliphatic rings. The summed E-state index contributed by atoms with van der Waals surface area (Å²) in [5, 5.41) is 15.9. The lowest BCUT2D eigenvalue weighted by molar-refractivity contribution is 0.0880. The summed E-state index contributed by atoms with van der Waals surface area (Å²) in [6, 6.07) is 16.6. The lowest BCUT2D eigenvalue weighted by Crippen LogP contribution is -2.32. The highest BCUT2D eigenvalue weighted by molar-refractivity contribution is 5.83. The van der Waals surface area contributed by atoms with Crippen molar-refractivity contribution < 1.29 is 9.84 Å². The van der Waals surface area contributed by atoms with Gasteiger partial charge in [-0.05, 0) is 25.1 Å². The number of hydrogen-bond acceptors (Lipinski definition) is 4. The lowest BCUT2D eigenvalue weighted by atomic mass is 10.1. The smallest absolute Gasteiger partial charge is 0.274 e. The fourth-order valence-corrected chi connectivity index (χ4v) is 2.49. The largest absolute Gasteiger partial charge is 0.491 e. The van der Waals surface area contributed by atoms with Crippen LogP contribution >= 0.6 is 0 Å². The number of aryl methyl sites for hydroxylation is 1. The molecule has 5 nitrogen and oxygen atoms in total. The second-order valence-electron chi connectivity index (χ2n) is 5.40. The van der Waals surface area contributed by atoms with Crippen molar-refractivity contribution in [1.29, 1.82) is 0 Å². The molecule has 3 aromatic rings. The maximum absolute atomic E-state index is 12.4. The van der Waals surface area contributed by atoms with Gasteiger partial charge in [-0.1, -0.05) is 36.4 Å². The van der Waals surface area contributed by atoms with Crippen LogP contribution in [0.2, 0.25) is 0 Å². The van der Waals surface area contributed by atoms with Gasteiger partial charge in [0.05, 0.1) is 17.6 Å². The molecule has 0 aliphatic carbocycles. The number of ether oxygens (including phenoxy) is 1. The molecular formula is C18H18N2O3. The molecular weight excluding hydrogens is 292 g/mol. The molecule has 3 rings (SSSR count). The molecule has 0 spiro atoms. The third kappa shape index (κ3) is 3.40. The monoisotopic (exact) mass is 310 g/mol. The van der Waals surface area contributed by atoms with E-state index < -0.39 is 6.10 Å². The molecule has 5 heteroatoms. The van der Waals surface area contributed by atoms with Gasteiger partial charge < -0.3 is 9.84 Å². The van der Waals surface area contributed by atoms with Crippen LogP contribution in [0.15, 0.2) is 59.4 Å². The Morgan fingerprint density at radius 2 is 1.74 bits per heavy atom. The van der Waals surface area contributed by atoms with Gasteiger partial charge in [0, 0.05) is 5.39 Å². The van der Waals surface area contributed by atoms with Crippen molar-refractivity contribution in [2.45, 2.75) is 19.6 Å². The zero-order valence-electron chi connectivity index (χ0n) is 12.8. The maximum Gasteiger partial charge on any atom is 0.274 e. The highest BCUT2D eigenvalue weighted by Crippen LogP contribution is 2.12. The number of fused-ring (bicyclic) bond motifs is 1. The predicted molar refractivity (Wildman–Crippen MR) is 88.7 cm³/mol. The highest BCUT2D eigenvalue weighted by Gasteiger charge is 2.12. The van der Waals surface area contributed by atoms with Gasteiger partial charge in [-0.2, -0.15) is 5.10 Å². The van der Waals surface area contributed by atoms with E-state index in [1.54, 1.807) is 6.07 Å². The maximum atomic E-state index is 12.4. The van der Waals surface area contributed by atoms with Gasteiger partial charge in [0.1, 0.15) is 18.5 Å². The van der Waals surface area contributed by atoms with Crippen molar-refractivity contribution in [2.24, 2.45) is 0 Å². The van der Waals surface area contributed by atoms with Crippen LogP contribution < -0.4 is 10.3 Å². The molecule has 0 radical (unpaired) electrons. The van der Waals surface area contributed by atoms with Gasteiger partial charge in [0.15, 0.2) is 0 Å². The molecule has 2 aromatic carbocycles. The Hall–Kier alpha value is -2.66. The molecule has 1 N–H and O–H groups in total. The molecule has 1 unspecified atom stereocenters. The Morgan fingerprint density at radius 3 is 2.48 bits per heavy atom. The average molecular weight is 310 g/mol. The Balaban J connectivity index is 1.76. The summed E-state index contributed by atoms with van der Waals surface area (Å²) >= 11 is 0. The first-order chi connectivity index (χ1) is 11.1. The van der Waals surface area contributed by atoms with Gasteiger partial charge in [-0.25, -0.2) is 4.68 Å². The summed E-state index contributed by atoms with van der Waals surface area (Å²) in [6.07, 6.45) is -0.819. The molecule has 1 heterocycles. The van der Waals surface area contributed by atoms with Gasteiger partial charge >= 0.3 is 0 Å². The van der Waals surface area contributed by atoms with Crippen LogP contribution in [0.4, 0.5) is 0 Å². The van der Waals surface area contributed by atoms with Gasteiger partial charge in [0.25, 0.3) is 5.56 Å². The minimum absolute atomic E-state index is 0.0946. The Bertz CT molecular complexity index is 859. The topological polar surface area (TPSA) is 64.3 Å². The first-order valence-electron chi connectivity index (χ1n) is 7.47. The van der Waals surface area contributed by atoms with Crippen molar-refractivity contribution >= 4 is 10.8 Å². The van der Waals surface area contributed by atoms with Gasteiger partial charge in [0.2, 0.25) is 0 Å². The van der Waals surface area contributed by atoms with Gasteiger partial charge in [-0.15, -0.1) is 0 Å². The van der Waals surface area contributed by atoms with Crippen molar-refractivity contribution in [3.8, 4) is 5.75 Å². The molecule has 23 heavy (non-hydrogen) atoms. The van der Waals surface area contributed by atoms with Crippen LogP contribution in [0.25, 0.3) is 10.8 Å². The number of aromatic nitrogens is 2. The van der Waals surface area contributed by atoms with Crippen LogP contribution in [-0.4, -0.2) is 27.6 Å². The minimum Gasteiger partial charge on any atom is -0.491 e. The SMILES string of the molecule is Cc1nn(CC(O)COc2ccccc2)c(=O)c2ccccc12. The summed E-state index contributed by atoms with van der Waals surface area (Å²) in [5.74, 6) is 0.682. The Morgan fingerprint density at radius 1 is 1.09 bits per heavy atom. The van der Waals surface area contributed by atoms with Crippen LogP contribution in [0, 0.1) is 6.92 Å². The van der Waals surface area contributed by atoms with E-state index >= 15 is 0 Å².